The molecule has 0 saturated heterocycles. The maximum atomic E-state index is 14.2. The second kappa shape index (κ2) is 5.65. The van der Waals surface area contributed by atoms with Gasteiger partial charge in [0.25, 0.3) is 5.91 Å². The highest BCUT2D eigenvalue weighted by atomic mass is 19.1. The number of halogens is 1. The van der Waals surface area contributed by atoms with Gasteiger partial charge in [-0.2, -0.15) is 5.10 Å². The first-order valence-electron chi connectivity index (χ1n) is 6.98. The number of carbonyl (C=O) groups excluding carboxylic acids is 1. The number of carbonyl (C=O) groups is 1. The van der Waals surface area contributed by atoms with Crippen molar-refractivity contribution >= 4 is 5.91 Å². The van der Waals surface area contributed by atoms with E-state index in [0.29, 0.717) is 18.3 Å². The Labute approximate surface area is 122 Å². The van der Waals surface area contributed by atoms with E-state index in [9.17, 15) is 9.18 Å². The molecule has 1 fully saturated rings. The second-order valence-corrected chi connectivity index (χ2v) is 5.13. The van der Waals surface area contributed by atoms with E-state index in [1.54, 1.807) is 18.3 Å². The van der Waals surface area contributed by atoms with Crippen LogP contribution in [0.4, 0.5) is 4.39 Å². The van der Waals surface area contributed by atoms with Crippen LogP contribution in [-0.2, 0) is 6.54 Å². The number of nitrogens with one attached hydrogen (secondary N) is 2. The van der Waals surface area contributed by atoms with Gasteiger partial charge in [-0.3, -0.25) is 4.79 Å². The highest BCUT2D eigenvalue weighted by Gasteiger charge is 2.21. The Kier molecular flexibility index (Phi) is 3.70. The van der Waals surface area contributed by atoms with E-state index in [-0.39, 0.29) is 17.4 Å². The minimum absolute atomic E-state index is 0.266. The van der Waals surface area contributed by atoms with E-state index in [2.05, 4.69) is 15.7 Å². The smallest absolute Gasteiger partial charge is 0.271 e. The zero-order valence-corrected chi connectivity index (χ0v) is 11.8. The first kappa shape index (κ1) is 13.8. The first-order valence-corrected chi connectivity index (χ1v) is 6.98. The maximum absolute atomic E-state index is 14.2. The van der Waals surface area contributed by atoms with Gasteiger partial charge in [0, 0.05) is 25.8 Å². The van der Waals surface area contributed by atoms with Crippen LogP contribution >= 0.6 is 0 Å². The molecule has 1 aliphatic rings. The van der Waals surface area contributed by atoms with E-state index in [4.69, 9.17) is 0 Å². The van der Waals surface area contributed by atoms with Gasteiger partial charge < -0.3 is 10.6 Å². The second-order valence-electron chi connectivity index (χ2n) is 5.13. The summed E-state index contributed by atoms with van der Waals surface area (Å²) in [7, 11) is 1.54. The SMILES string of the molecule is CNC(=O)c1ccn(-c2c(F)cccc2CNC2CC2)n1. The Balaban J connectivity index is 1.91. The fourth-order valence-electron chi connectivity index (χ4n) is 2.20. The van der Waals surface area contributed by atoms with E-state index in [1.807, 2.05) is 6.07 Å². The number of para-hydroxylation sites is 1. The highest BCUT2D eigenvalue weighted by molar-refractivity contribution is 5.91. The first-order chi connectivity index (χ1) is 10.2. The van der Waals surface area contributed by atoms with Gasteiger partial charge >= 0.3 is 0 Å². The van der Waals surface area contributed by atoms with Crippen LogP contribution in [0.5, 0.6) is 0 Å². The van der Waals surface area contributed by atoms with Crippen molar-refractivity contribution in [2.45, 2.75) is 25.4 Å². The molecule has 1 aromatic heterocycles. The predicted molar refractivity (Wildman–Crippen MR) is 76.8 cm³/mol. The number of aromatic nitrogens is 2. The zero-order chi connectivity index (χ0) is 14.8. The van der Waals surface area contributed by atoms with Crippen molar-refractivity contribution < 1.29 is 9.18 Å². The van der Waals surface area contributed by atoms with Gasteiger partial charge in [-0.05, 0) is 30.5 Å². The topological polar surface area (TPSA) is 59.0 Å². The average molecular weight is 288 g/mol. The number of benzene rings is 1. The van der Waals surface area contributed by atoms with Crippen LogP contribution < -0.4 is 10.6 Å². The van der Waals surface area contributed by atoms with Crippen molar-refractivity contribution in [1.29, 1.82) is 0 Å². The van der Waals surface area contributed by atoms with Crippen LogP contribution in [-0.4, -0.2) is 28.8 Å². The van der Waals surface area contributed by atoms with Crippen molar-refractivity contribution in [3.05, 3.63) is 47.5 Å². The quantitative estimate of drug-likeness (QED) is 0.879. The van der Waals surface area contributed by atoms with Gasteiger partial charge in [0.05, 0.1) is 0 Å². The lowest BCUT2D eigenvalue weighted by Crippen LogP contribution is -2.19. The van der Waals surface area contributed by atoms with Gasteiger partial charge in [0.1, 0.15) is 11.5 Å². The third-order valence-electron chi connectivity index (χ3n) is 3.51. The molecule has 0 radical (unpaired) electrons. The molecule has 0 unspecified atom stereocenters. The lowest BCUT2D eigenvalue weighted by atomic mass is 10.1. The Bertz CT molecular complexity index is 663. The molecule has 0 bridgehead atoms. The van der Waals surface area contributed by atoms with Crippen LogP contribution in [0, 0.1) is 5.82 Å². The molecule has 1 amide bonds. The molecule has 0 atom stereocenters. The third kappa shape index (κ3) is 2.95. The van der Waals surface area contributed by atoms with Gasteiger partial charge in [0.2, 0.25) is 0 Å². The largest absolute Gasteiger partial charge is 0.354 e. The summed E-state index contributed by atoms with van der Waals surface area (Å²) < 4.78 is 15.6. The van der Waals surface area contributed by atoms with Crippen molar-refractivity contribution in [3.63, 3.8) is 0 Å². The number of amides is 1. The van der Waals surface area contributed by atoms with E-state index in [0.717, 1.165) is 5.56 Å². The summed E-state index contributed by atoms with van der Waals surface area (Å²) in [6.45, 7) is 0.590. The molecular formula is C15H17FN4O. The van der Waals surface area contributed by atoms with E-state index in [1.165, 1.54) is 30.6 Å². The third-order valence-corrected chi connectivity index (χ3v) is 3.51. The normalized spacial score (nSPS) is 14.2. The fourth-order valence-corrected chi connectivity index (χ4v) is 2.20. The molecule has 1 heterocycles. The lowest BCUT2D eigenvalue weighted by Gasteiger charge is -2.11. The summed E-state index contributed by atoms with van der Waals surface area (Å²) in [6.07, 6.45) is 3.95. The average Bonchev–Trinajstić information content (AvgIpc) is 3.20. The van der Waals surface area contributed by atoms with Gasteiger partial charge in [-0.1, -0.05) is 12.1 Å². The summed E-state index contributed by atoms with van der Waals surface area (Å²) in [4.78, 5) is 11.6. The maximum Gasteiger partial charge on any atom is 0.271 e. The van der Waals surface area contributed by atoms with Crippen LogP contribution in [0.1, 0.15) is 28.9 Å². The van der Waals surface area contributed by atoms with Crippen LogP contribution in [0.15, 0.2) is 30.5 Å². The summed E-state index contributed by atoms with van der Waals surface area (Å²) in [5, 5.41) is 10.0. The molecule has 3 rings (SSSR count). The fraction of sp³-hybridized carbons (Fsp3) is 0.333. The van der Waals surface area contributed by atoms with Gasteiger partial charge in [0.15, 0.2) is 5.69 Å². The minimum Gasteiger partial charge on any atom is -0.354 e. The summed E-state index contributed by atoms with van der Waals surface area (Å²) >= 11 is 0. The molecular weight excluding hydrogens is 271 g/mol. The monoisotopic (exact) mass is 288 g/mol. The Hall–Kier alpha value is -2.21. The minimum atomic E-state index is -0.350. The van der Waals surface area contributed by atoms with E-state index >= 15 is 0 Å². The molecule has 2 aromatic rings. The standard InChI is InChI=1S/C15H17FN4O/c1-17-15(21)13-7-8-20(19-13)14-10(3-2-4-12(14)16)9-18-11-5-6-11/h2-4,7-8,11,18H,5-6,9H2,1H3,(H,17,21). The highest BCUT2D eigenvalue weighted by Crippen LogP contribution is 2.22. The van der Waals surface area contributed by atoms with Crippen molar-refractivity contribution in [3.8, 4) is 5.69 Å². The van der Waals surface area contributed by atoms with E-state index < -0.39 is 0 Å². The molecule has 1 aromatic carbocycles. The number of rotatable bonds is 5. The van der Waals surface area contributed by atoms with Crippen molar-refractivity contribution in [1.82, 2.24) is 20.4 Å². The molecule has 21 heavy (non-hydrogen) atoms. The molecule has 110 valence electrons. The number of hydrogen-bond acceptors (Lipinski definition) is 3. The summed E-state index contributed by atoms with van der Waals surface area (Å²) in [5.41, 5.74) is 1.48. The molecule has 1 saturated carbocycles. The summed E-state index contributed by atoms with van der Waals surface area (Å²) in [6, 6.07) is 7.07. The van der Waals surface area contributed by atoms with Crippen LogP contribution in [0.2, 0.25) is 0 Å². The van der Waals surface area contributed by atoms with Gasteiger partial charge in [-0.25, -0.2) is 9.07 Å². The lowest BCUT2D eigenvalue weighted by molar-refractivity contribution is 0.0957. The number of hydrogen-bond donors (Lipinski definition) is 2. The van der Waals surface area contributed by atoms with Gasteiger partial charge in [-0.15, -0.1) is 0 Å². The number of nitrogens with zero attached hydrogens (tertiary/aromatic N) is 2. The summed E-state index contributed by atoms with van der Waals surface area (Å²) in [5.74, 6) is -0.639. The molecule has 0 aliphatic heterocycles. The predicted octanol–water partition coefficient (Wildman–Crippen LogP) is 1.62. The Morgan fingerprint density at radius 1 is 1.43 bits per heavy atom. The molecule has 1 aliphatic carbocycles. The molecule has 2 N–H and O–H groups in total. The Morgan fingerprint density at radius 3 is 2.95 bits per heavy atom. The molecule has 6 heteroatoms. The van der Waals surface area contributed by atoms with Crippen LogP contribution in [0.25, 0.3) is 5.69 Å². The zero-order valence-electron chi connectivity index (χ0n) is 11.8. The van der Waals surface area contributed by atoms with Crippen LogP contribution in [0.3, 0.4) is 0 Å². The molecule has 0 spiro atoms. The van der Waals surface area contributed by atoms with Crippen molar-refractivity contribution in [2.24, 2.45) is 0 Å². The van der Waals surface area contributed by atoms with Crippen molar-refractivity contribution in [2.75, 3.05) is 7.05 Å². The Morgan fingerprint density at radius 2 is 2.24 bits per heavy atom. The molecule has 5 nitrogen and oxygen atoms in total.